The van der Waals surface area contributed by atoms with Crippen LogP contribution in [0.25, 0.3) is 10.8 Å². The fraction of sp³-hybridized carbons (Fsp3) is 0.400. The second-order valence-electron chi connectivity index (χ2n) is 4.85. The molecular weight excluding hydrogens is 287 g/mol. The lowest BCUT2D eigenvalue weighted by Crippen LogP contribution is -2.07. The Balaban J connectivity index is 0.000000609. The fourth-order valence-corrected chi connectivity index (χ4v) is 2.43. The molecule has 3 heteroatoms. The van der Waals surface area contributed by atoms with Gasteiger partial charge in [0.1, 0.15) is 5.82 Å². The molecule has 0 unspecified atom stereocenters. The van der Waals surface area contributed by atoms with Crippen molar-refractivity contribution in [2.75, 3.05) is 20.1 Å². The van der Waals surface area contributed by atoms with Crippen molar-refractivity contribution in [3.05, 3.63) is 60.4 Å². The molecule has 1 aliphatic rings. The maximum atomic E-state index is 13.0. The maximum Gasteiger partial charge on any atom is 0.123 e. The number of rotatable bonds is 1. The Hall–Kier alpha value is -1.71. The summed E-state index contributed by atoms with van der Waals surface area (Å²) in [5, 5.41) is 5.48. The van der Waals surface area contributed by atoms with E-state index in [9.17, 15) is 4.39 Å². The van der Waals surface area contributed by atoms with Gasteiger partial charge in [0.25, 0.3) is 0 Å². The molecule has 2 aromatic carbocycles. The van der Waals surface area contributed by atoms with Crippen molar-refractivity contribution in [3.63, 3.8) is 0 Å². The van der Waals surface area contributed by atoms with E-state index in [1.165, 1.54) is 25.1 Å². The third-order valence-corrected chi connectivity index (χ3v) is 3.36. The van der Waals surface area contributed by atoms with Crippen LogP contribution in [0.4, 0.5) is 4.39 Å². The molecule has 0 amide bonds. The molecule has 3 rings (SSSR count). The lowest BCUT2D eigenvalue weighted by Gasteiger charge is -2.09. The van der Waals surface area contributed by atoms with Crippen LogP contribution in [-0.4, -0.2) is 20.1 Å². The average Bonchev–Trinajstić information content (AvgIpc) is 3.13. The summed E-state index contributed by atoms with van der Waals surface area (Å²) in [6, 6.07) is 11.3. The van der Waals surface area contributed by atoms with Crippen molar-refractivity contribution in [1.29, 1.82) is 0 Å². The van der Waals surface area contributed by atoms with E-state index in [2.05, 4.69) is 29.8 Å². The van der Waals surface area contributed by atoms with Gasteiger partial charge in [-0.2, -0.15) is 0 Å². The molecule has 0 radical (unpaired) electrons. The number of fused-ring (bicyclic) bond motifs is 1. The van der Waals surface area contributed by atoms with E-state index in [1.54, 1.807) is 12.1 Å². The van der Waals surface area contributed by atoms with Gasteiger partial charge in [0.15, 0.2) is 0 Å². The number of nitrogens with one attached hydrogen (secondary N) is 1. The zero-order valence-corrected chi connectivity index (χ0v) is 14.9. The highest BCUT2D eigenvalue weighted by Crippen LogP contribution is 2.26. The molecule has 0 aliphatic carbocycles. The summed E-state index contributed by atoms with van der Waals surface area (Å²) < 4.78 is 13.0. The highest BCUT2D eigenvalue weighted by Gasteiger charge is 2.16. The van der Waals surface area contributed by atoms with Gasteiger partial charge >= 0.3 is 0 Å². The Morgan fingerprint density at radius 2 is 1.70 bits per heavy atom. The summed E-state index contributed by atoms with van der Waals surface area (Å²) in [5.41, 5.74) is 5.86. The first-order valence-electron chi connectivity index (χ1n) is 8.29. The van der Waals surface area contributed by atoms with Crippen LogP contribution in [0, 0.1) is 5.82 Å². The quantitative estimate of drug-likeness (QED) is 0.738. The van der Waals surface area contributed by atoms with Gasteiger partial charge in [-0.3, -0.25) is 0 Å². The maximum absolute atomic E-state index is 13.0. The van der Waals surface area contributed by atoms with Crippen molar-refractivity contribution in [1.82, 2.24) is 5.32 Å². The molecular formula is C20H31FN2. The average molecular weight is 318 g/mol. The zero-order valence-electron chi connectivity index (χ0n) is 14.9. The first-order valence-corrected chi connectivity index (χ1v) is 8.29. The molecule has 1 heterocycles. The summed E-state index contributed by atoms with van der Waals surface area (Å²) in [6.45, 7) is 11.4. The second kappa shape index (κ2) is 12.8. The Bertz CT molecular complexity index is 561. The summed E-state index contributed by atoms with van der Waals surface area (Å²) in [7, 11) is 1.50. The summed E-state index contributed by atoms with van der Waals surface area (Å²) in [6.07, 6.45) is 2.95. The topological polar surface area (TPSA) is 38.0 Å². The van der Waals surface area contributed by atoms with Crippen LogP contribution in [0.5, 0.6) is 0 Å². The molecule has 3 N–H and O–H groups in total. The Kier molecular flexibility index (Phi) is 11.8. The van der Waals surface area contributed by atoms with Gasteiger partial charge in [0.2, 0.25) is 0 Å². The van der Waals surface area contributed by atoms with Crippen molar-refractivity contribution >= 4 is 10.8 Å². The van der Waals surface area contributed by atoms with Crippen LogP contribution in [0.1, 0.15) is 38.7 Å². The van der Waals surface area contributed by atoms with Crippen molar-refractivity contribution in [2.45, 2.75) is 33.1 Å². The molecule has 0 saturated carbocycles. The van der Waals surface area contributed by atoms with E-state index >= 15 is 0 Å². The second-order valence-corrected chi connectivity index (χ2v) is 4.85. The molecule has 2 nitrogen and oxygen atoms in total. The monoisotopic (exact) mass is 318 g/mol. The fourth-order valence-electron chi connectivity index (χ4n) is 2.43. The van der Waals surface area contributed by atoms with E-state index < -0.39 is 0 Å². The lowest BCUT2D eigenvalue weighted by atomic mass is 9.96. The molecule has 1 fully saturated rings. The molecule has 1 aliphatic heterocycles. The summed E-state index contributed by atoms with van der Waals surface area (Å²) in [5.74, 6) is 0.456. The highest BCUT2D eigenvalue weighted by molar-refractivity contribution is 5.83. The van der Waals surface area contributed by atoms with Gasteiger partial charge in [0.05, 0.1) is 0 Å². The molecule has 128 valence electrons. The molecule has 0 bridgehead atoms. The molecule has 1 saturated heterocycles. The minimum atomic E-state index is -0.164. The molecule has 0 aromatic heterocycles. The Morgan fingerprint density at radius 1 is 1.13 bits per heavy atom. The number of nitrogens with two attached hydrogens (primary N) is 1. The van der Waals surface area contributed by atoms with E-state index in [4.69, 9.17) is 0 Å². The van der Waals surface area contributed by atoms with E-state index in [1.807, 2.05) is 32.9 Å². The predicted octanol–water partition coefficient (Wildman–Crippen LogP) is 4.85. The highest BCUT2D eigenvalue weighted by atomic mass is 19.1. The molecule has 1 atom stereocenters. The summed E-state index contributed by atoms with van der Waals surface area (Å²) in [4.78, 5) is 0. The largest absolute Gasteiger partial charge is 0.333 e. The van der Waals surface area contributed by atoms with Crippen LogP contribution >= 0.6 is 0 Å². The summed E-state index contributed by atoms with van der Waals surface area (Å²) >= 11 is 0. The SMILES string of the molecule is C=CC.CC.CN.Fc1ccc2cc([C@@H]3CCNC3)ccc2c1. The smallest absolute Gasteiger partial charge is 0.123 e. The standard InChI is InChI=1S/C14H14FN.C3H6.C2H6.CH5N/c15-14-4-3-10-7-11(1-2-12(10)8-14)13-5-6-16-9-13;1-3-2;2*1-2/h1-4,7-8,13,16H,5-6,9H2;3H,1H2,2H3;1-2H3;2H2,1H3/t13-;;;/m1.../s1. The van der Waals surface area contributed by atoms with Crippen LogP contribution in [-0.2, 0) is 0 Å². The third kappa shape index (κ3) is 6.93. The Morgan fingerprint density at radius 3 is 2.26 bits per heavy atom. The van der Waals surface area contributed by atoms with Gasteiger partial charge in [0, 0.05) is 6.54 Å². The first-order chi connectivity index (χ1) is 11.2. The van der Waals surface area contributed by atoms with Gasteiger partial charge in [-0.25, -0.2) is 4.39 Å². The van der Waals surface area contributed by atoms with E-state index in [0.717, 1.165) is 23.9 Å². The third-order valence-electron chi connectivity index (χ3n) is 3.36. The molecule has 0 spiro atoms. The predicted molar refractivity (Wildman–Crippen MR) is 101 cm³/mol. The van der Waals surface area contributed by atoms with Crippen LogP contribution in [0.15, 0.2) is 49.1 Å². The lowest BCUT2D eigenvalue weighted by molar-refractivity contribution is 0.629. The van der Waals surface area contributed by atoms with Crippen molar-refractivity contribution < 1.29 is 4.39 Å². The minimum absolute atomic E-state index is 0.164. The molecule has 2 aromatic rings. The van der Waals surface area contributed by atoms with Gasteiger partial charge < -0.3 is 11.1 Å². The number of allylic oxidation sites excluding steroid dienone is 1. The van der Waals surface area contributed by atoms with Crippen LogP contribution in [0.3, 0.4) is 0 Å². The van der Waals surface area contributed by atoms with Crippen molar-refractivity contribution in [2.24, 2.45) is 5.73 Å². The van der Waals surface area contributed by atoms with Gasteiger partial charge in [-0.1, -0.05) is 44.2 Å². The number of benzene rings is 2. The van der Waals surface area contributed by atoms with Crippen LogP contribution in [0.2, 0.25) is 0 Å². The number of hydrogen-bond donors (Lipinski definition) is 2. The minimum Gasteiger partial charge on any atom is -0.333 e. The zero-order chi connectivity index (χ0) is 17.7. The van der Waals surface area contributed by atoms with Gasteiger partial charge in [-0.05, 0) is 61.3 Å². The number of halogens is 1. The first kappa shape index (κ1) is 21.3. The normalized spacial score (nSPS) is 15.3. The van der Waals surface area contributed by atoms with E-state index in [-0.39, 0.29) is 5.82 Å². The Labute approximate surface area is 140 Å². The number of hydrogen-bond acceptors (Lipinski definition) is 2. The van der Waals surface area contributed by atoms with Crippen LogP contribution < -0.4 is 11.1 Å². The molecule has 23 heavy (non-hydrogen) atoms. The van der Waals surface area contributed by atoms with Crippen molar-refractivity contribution in [3.8, 4) is 0 Å². The van der Waals surface area contributed by atoms with E-state index in [0.29, 0.717) is 5.92 Å². The van der Waals surface area contributed by atoms with Gasteiger partial charge in [-0.15, -0.1) is 6.58 Å².